The van der Waals surface area contributed by atoms with E-state index in [9.17, 15) is 9.90 Å². The zero-order valence-electron chi connectivity index (χ0n) is 11.3. The smallest absolute Gasteiger partial charge is 0.339 e. The highest BCUT2D eigenvalue weighted by Crippen LogP contribution is 2.35. The predicted octanol–water partition coefficient (Wildman–Crippen LogP) is 2.86. The Hall–Kier alpha value is -1.85. The van der Waals surface area contributed by atoms with Gasteiger partial charge in [-0.15, -0.1) is 0 Å². The number of carboxylic acids is 1. The number of hydrogen-bond acceptors (Lipinski definition) is 3. The molecule has 2 aromatic rings. The number of aromatic carboxylic acids is 1. The first kappa shape index (κ1) is 14.6. The molecule has 0 amide bonds. The van der Waals surface area contributed by atoms with E-state index in [1.807, 2.05) is 4.57 Å². The molecule has 0 fully saturated rings. The Kier molecular flexibility index (Phi) is 4.42. The molecular weight excluding hydrogens is 280 g/mol. The second kappa shape index (κ2) is 6.07. The van der Waals surface area contributed by atoms with Crippen LogP contribution in [0.25, 0.3) is 11.3 Å². The van der Waals surface area contributed by atoms with Crippen LogP contribution in [-0.4, -0.2) is 34.3 Å². The van der Waals surface area contributed by atoms with Crippen molar-refractivity contribution >= 4 is 17.6 Å². The first-order chi connectivity index (χ1) is 9.57. The standard InChI is InChI=1S/C14H15ClN2O3/c1-9-11(14(18)19)12(15)13(17(9)7-8-20-2)10-3-5-16-6-4-10/h3-6H,7-8H2,1-2H3,(H,18,19). The van der Waals surface area contributed by atoms with Crippen molar-refractivity contribution in [1.29, 1.82) is 0 Å². The normalized spacial score (nSPS) is 10.8. The number of pyridine rings is 1. The number of methoxy groups -OCH3 is 1. The van der Waals surface area contributed by atoms with Crippen LogP contribution in [0.3, 0.4) is 0 Å². The van der Waals surface area contributed by atoms with E-state index in [0.29, 0.717) is 24.5 Å². The summed E-state index contributed by atoms with van der Waals surface area (Å²) in [5, 5.41) is 9.56. The van der Waals surface area contributed by atoms with Crippen LogP contribution in [0.15, 0.2) is 24.5 Å². The molecule has 0 bridgehead atoms. The van der Waals surface area contributed by atoms with Crippen molar-refractivity contribution in [3.8, 4) is 11.3 Å². The van der Waals surface area contributed by atoms with Crippen molar-refractivity contribution in [2.24, 2.45) is 0 Å². The lowest BCUT2D eigenvalue weighted by molar-refractivity contribution is 0.0696. The number of carbonyl (C=O) groups is 1. The summed E-state index contributed by atoms with van der Waals surface area (Å²) in [5.41, 5.74) is 2.26. The summed E-state index contributed by atoms with van der Waals surface area (Å²) in [7, 11) is 1.60. The number of halogens is 1. The van der Waals surface area contributed by atoms with Crippen LogP contribution in [0.1, 0.15) is 16.1 Å². The quantitative estimate of drug-likeness (QED) is 0.921. The molecule has 2 aromatic heterocycles. The van der Waals surface area contributed by atoms with Gasteiger partial charge in [0.25, 0.3) is 0 Å². The van der Waals surface area contributed by atoms with Crippen LogP contribution in [-0.2, 0) is 11.3 Å². The Morgan fingerprint density at radius 1 is 1.45 bits per heavy atom. The van der Waals surface area contributed by atoms with E-state index in [2.05, 4.69) is 4.98 Å². The van der Waals surface area contributed by atoms with E-state index >= 15 is 0 Å². The molecule has 6 heteroatoms. The van der Waals surface area contributed by atoms with Gasteiger partial charge >= 0.3 is 5.97 Å². The SMILES string of the molecule is COCCn1c(C)c(C(=O)O)c(Cl)c1-c1ccncc1. The van der Waals surface area contributed by atoms with Crippen molar-refractivity contribution in [1.82, 2.24) is 9.55 Å². The molecule has 0 aliphatic rings. The van der Waals surface area contributed by atoms with Crippen molar-refractivity contribution in [3.05, 3.63) is 40.8 Å². The number of nitrogens with zero attached hydrogens (tertiary/aromatic N) is 2. The van der Waals surface area contributed by atoms with Crippen LogP contribution >= 0.6 is 11.6 Å². The Bertz CT molecular complexity index is 623. The summed E-state index contributed by atoms with van der Waals surface area (Å²) < 4.78 is 6.94. The molecule has 0 aliphatic heterocycles. The summed E-state index contributed by atoms with van der Waals surface area (Å²) in [6, 6.07) is 3.60. The number of ether oxygens (including phenoxy) is 1. The van der Waals surface area contributed by atoms with Crippen LogP contribution in [0.4, 0.5) is 0 Å². The van der Waals surface area contributed by atoms with E-state index in [4.69, 9.17) is 16.3 Å². The minimum atomic E-state index is -1.03. The van der Waals surface area contributed by atoms with Gasteiger partial charge in [-0.25, -0.2) is 4.79 Å². The van der Waals surface area contributed by atoms with E-state index in [-0.39, 0.29) is 10.6 Å². The first-order valence-electron chi connectivity index (χ1n) is 6.09. The lowest BCUT2D eigenvalue weighted by Gasteiger charge is -2.11. The predicted molar refractivity (Wildman–Crippen MR) is 76.2 cm³/mol. The van der Waals surface area contributed by atoms with E-state index in [1.165, 1.54) is 0 Å². The highest BCUT2D eigenvalue weighted by molar-refractivity contribution is 6.36. The lowest BCUT2D eigenvalue weighted by atomic mass is 10.1. The van der Waals surface area contributed by atoms with Crippen molar-refractivity contribution in [2.45, 2.75) is 13.5 Å². The molecule has 20 heavy (non-hydrogen) atoms. The monoisotopic (exact) mass is 294 g/mol. The molecule has 0 saturated carbocycles. The van der Waals surface area contributed by atoms with Crippen LogP contribution in [0.2, 0.25) is 5.02 Å². The maximum absolute atomic E-state index is 11.4. The molecule has 0 radical (unpaired) electrons. The second-order valence-corrected chi connectivity index (χ2v) is 4.69. The highest BCUT2D eigenvalue weighted by atomic mass is 35.5. The molecule has 0 aliphatic carbocycles. The zero-order valence-corrected chi connectivity index (χ0v) is 12.0. The Balaban J connectivity index is 2.64. The minimum Gasteiger partial charge on any atom is -0.478 e. The van der Waals surface area contributed by atoms with E-state index in [1.54, 1.807) is 38.6 Å². The fraction of sp³-hybridized carbons (Fsp3) is 0.286. The van der Waals surface area contributed by atoms with Gasteiger partial charge < -0.3 is 14.4 Å². The summed E-state index contributed by atoms with van der Waals surface area (Å²) in [5.74, 6) is -1.03. The molecule has 0 saturated heterocycles. The van der Waals surface area contributed by atoms with Gasteiger partial charge in [0.1, 0.15) is 0 Å². The van der Waals surface area contributed by atoms with Gasteiger partial charge in [0, 0.05) is 37.3 Å². The van der Waals surface area contributed by atoms with Gasteiger partial charge in [-0.2, -0.15) is 0 Å². The molecule has 0 unspecified atom stereocenters. The number of carboxylic acid groups (broad SMARTS) is 1. The Labute approximate surface area is 121 Å². The minimum absolute atomic E-state index is 0.134. The molecule has 0 atom stereocenters. The van der Waals surface area contributed by atoms with Gasteiger partial charge in [0.05, 0.1) is 22.9 Å². The molecule has 0 aromatic carbocycles. The highest BCUT2D eigenvalue weighted by Gasteiger charge is 2.24. The second-order valence-electron chi connectivity index (χ2n) is 4.31. The van der Waals surface area contributed by atoms with Crippen molar-refractivity contribution < 1.29 is 14.6 Å². The third-order valence-electron chi connectivity index (χ3n) is 3.15. The van der Waals surface area contributed by atoms with Gasteiger partial charge in [-0.05, 0) is 19.1 Å². The number of aromatic nitrogens is 2. The number of hydrogen-bond donors (Lipinski definition) is 1. The van der Waals surface area contributed by atoms with Crippen molar-refractivity contribution in [2.75, 3.05) is 13.7 Å². The van der Waals surface area contributed by atoms with Gasteiger partial charge in [-0.1, -0.05) is 11.6 Å². The zero-order chi connectivity index (χ0) is 14.7. The molecular formula is C14H15ClN2O3. The molecule has 5 nitrogen and oxygen atoms in total. The average molecular weight is 295 g/mol. The molecule has 2 rings (SSSR count). The van der Waals surface area contributed by atoms with Gasteiger partial charge in [-0.3, -0.25) is 4.98 Å². The molecule has 2 heterocycles. The Morgan fingerprint density at radius 2 is 2.10 bits per heavy atom. The summed E-state index contributed by atoms with van der Waals surface area (Å²) in [6.45, 7) is 2.76. The average Bonchev–Trinajstić information content (AvgIpc) is 2.68. The lowest BCUT2D eigenvalue weighted by Crippen LogP contribution is -2.08. The largest absolute Gasteiger partial charge is 0.478 e. The van der Waals surface area contributed by atoms with E-state index in [0.717, 1.165) is 5.56 Å². The van der Waals surface area contributed by atoms with Gasteiger partial charge in [0.15, 0.2) is 0 Å². The summed E-state index contributed by atoms with van der Waals surface area (Å²) in [6.07, 6.45) is 3.30. The van der Waals surface area contributed by atoms with Crippen LogP contribution < -0.4 is 0 Å². The van der Waals surface area contributed by atoms with Gasteiger partial charge in [0.2, 0.25) is 0 Å². The maximum atomic E-state index is 11.4. The maximum Gasteiger partial charge on any atom is 0.339 e. The molecule has 1 N–H and O–H groups in total. The molecule has 0 spiro atoms. The van der Waals surface area contributed by atoms with Crippen LogP contribution in [0.5, 0.6) is 0 Å². The topological polar surface area (TPSA) is 64.3 Å². The molecule has 106 valence electrons. The third-order valence-corrected chi connectivity index (χ3v) is 3.52. The summed E-state index contributed by atoms with van der Waals surface area (Å²) >= 11 is 6.28. The van der Waals surface area contributed by atoms with Crippen molar-refractivity contribution in [3.63, 3.8) is 0 Å². The van der Waals surface area contributed by atoms with E-state index < -0.39 is 5.97 Å². The fourth-order valence-electron chi connectivity index (χ4n) is 2.20. The summed E-state index contributed by atoms with van der Waals surface area (Å²) in [4.78, 5) is 15.3. The van der Waals surface area contributed by atoms with Crippen LogP contribution in [0, 0.1) is 6.92 Å². The Morgan fingerprint density at radius 3 is 2.65 bits per heavy atom. The third kappa shape index (κ3) is 2.55. The first-order valence-corrected chi connectivity index (χ1v) is 6.47. The number of rotatable bonds is 5. The fourth-order valence-corrected chi connectivity index (χ4v) is 2.63.